The van der Waals surface area contributed by atoms with Gasteiger partial charge in [0.25, 0.3) is 0 Å². The lowest BCUT2D eigenvalue weighted by Gasteiger charge is -2.47. The predicted molar refractivity (Wildman–Crippen MR) is 99.0 cm³/mol. The van der Waals surface area contributed by atoms with Crippen LogP contribution in [0.25, 0.3) is 0 Å². The second-order valence-corrected chi connectivity index (χ2v) is 8.63. The SMILES string of the molecule is N[C@@H]1C(=O)N2C(C(=O)O)=C(/C=C/SC3CCN(CCO)CC3)CS[C@H]12. The second kappa shape index (κ2) is 8.13. The number of nitrogens with two attached hydrogens (primary N) is 1. The number of carbonyl (C=O) groups is 2. The number of piperidine rings is 1. The first-order valence-corrected chi connectivity index (χ1v) is 10.3. The normalized spacial score (nSPS) is 28.4. The molecule has 0 aromatic carbocycles. The molecule has 0 saturated carbocycles. The molecule has 3 aliphatic heterocycles. The van der Waals surface area contributed by atoms with Crippen LogP contribution in [0.4, 0.5) is 0 Å². The number of likely N-dealkylation sites (tertiary alicyclic amines) is 1. The number of aliphatic hydroxyl groups excluding tert-OH is 1. The molecule has 2 saturated heterocycles. The fraction of sp³-hybridized carbons (Fsp3) is 0.625. The summed E-state index contributed by atoms with van der Waals surface area (Å²) in [6, 6.07) is -0.594. The smallest absolute Gasteiger partial charge is 0.352 e. The fourth-order valence-electron chi connectivity index (χ4n) is 3.31. The molecule has 3 heterocycles. The van der Waals surface area contributed by atoms with Crippen LogP contribution in [0.2, 0.25) is 0 Å². The molecule has 25 heavy (non-hydrogen) atoms. The number of aliphatic hydroxyl groups is 1. The van der Waals surface area contributed by atoms with E-state index in [1.807, 2.05) is 11.5 Å². The van der Waals surface area contributed by atoms with Gasteiger partial charge < -0.3 is 20.8 Å². The van der Waals surface area contributed by atoms with Crippen LogP contribution in [0.15, 0.2) is 22.8 Å². The predicted octanol–water partition coefficient (Wildman–Crippen LogP) is 0.271. The Morgan fingerprint density at radius 2 is 2.12 bits per heavy atom. The summed E-state index contributed by atoms with van der Waals surface area (Å²) in [5.41, 5.74) is 6.49. The van der Waals surface area contributed by atoms with Crippen molar-refractivity contribution in [3.8, 4) is 0 Å². The van der Waals surface area contributed by atoms with Crippen LogP contribution < -0.4 is 5.73 Å². The maximum Gasteiger partial charge on any atom is 0.352 e. The third kappa shape index (κ3) is 3.90. The van der Waals surface area contributed by atoms with Gasteiger partial charge in [0, 0.05) is 17.5 Å². The number of β-amino-alcohol motifs (C(OH)–C–C–N with tert-alkyl or cyclic N) is 1. The zero-order chi connectivity index (χ0) is 18.0. The summed E-state index contributed by atoms with van der Waals surface area (Å²) in [6.45, 7) is 2.88. The zero-order valence-electron chi connectivity index (χ0n) is 13.8. The van der Waals surface area contributed by atoms with E-state index in [1.54, 1.807) is 11.8 Å². The van der Waals surface area contributed by atoms with Gasteiger partial charge in [-0.15, -0.1) is 23.5 Å². The fourth-order valence-corrected chi connectivity index (χ4v) is 5.52. The summed E-state index contributed by atoms with van der Waals surface area (Å²) in [5.74, 6) is -0.840. The Kier molecular flexibility index (Phi) is 6.11. The van der Waals surface area contributed by atoms with E-state index in [1.165, 1.54) is 16.7 Å². The van der Waals surface area contributed by atoms with Crippen molar-refractivity contribution in [3.63, 3.8) is 0 Å². The molecule has 7 nitrogen and oxygen atoms in total. The number of allylic oxidation sites excluding steroid dienone is 1. The number of amides is 1. The van der Waals surface area contributed by atoms with Crippen LogP contribution in [0.1, 0.15) is 12.8 Å². The standard InChI is InChI=1S/C16H23N3O4S2/c17-12-14(21)19-13(16(22)23)10(9-25-15(12)19)3-8-24-11-1-4-18(5-2-11)6-7-20/h3,8,11-12,15,20H,1-2,4-7,9,17H2,(H,22,23)/b8-3+/t12-,15-/m1/s1. The molecular weight excluding hydrogens is 362 g/mol. The topological polar surface area (TPSA) is 107 Å². The minimum absolute atomic E-state index is 0.0741. The quantitative estimate of drug-likeness (QED) is 0.560. The van der Waals surface area contributed by atoms with Gasteiger partial charge >= 0.3 is 5.97 Å². The number of hydrogen-bond donors (Lipinski definition) is 3. The first-order valence-electron chi connectivity index (χ1n) is 8.35. The van der Waals surface area contributed by atoms with Gasteiger partial charge in [0.1, 0.15) is 17.1 Å². The number of thioether (sulfide) groups is 2. The van der Waals surface area contributed by atoms with Crippen LogP contribution in [0.3, 0.4) is 0 Å². The molecule has 0 spiro atoms. The highest BCUT2D eigenvalue weighted by Gasteiger charge is 2.51. The molecule has 1 amide bonds. The molecule has 0 aromatic rings. The molecule has 138 valence electrons. The Hall–Kier alpha value is -1.000. The lowest BCUT2D eigenvalue weighted by atomic mass is 10.0. The summed E-state index contributed by atoms with van der Waals surface area (Å²) >= 11 is 3.23. The van der Waals surface area contributed by atoms with Crippen LogP contribution in [-0.4, -0.2) is 80.5 Å². The second-order valence-electron chi connectivity index (χ2n) is 6.32. The van der Waals surface area contributed by atoms with Gasteiger partial charge in [-0.1, -0.05) is 0 Å². The van der Waals surface area contributed by atoms with Crippen molar-refractivity contribution in [2.24, 2.45) is 5.73 Å². The maximum absolute atomic E-state index is 11.9. The number of carbonyl (C=O) groups excluding carboxylic acids is 1. The Morgan fingerprint density at radius 3 is 2.76 bits per heavy atom. The first kappa shape index (κ1) is 18.8. The van der Waals surface area contributed by atoms with E-state index in [0.29, 0.717) is 16.6 Å². The maximum atomic E-state index is 11.9. The molecule has 0 aliphatic carbocycles. The summed E-state index contributed by atoms with van der Waals surface area (Å²) in [5, 5.41) is 20.7. The van der Waals surface area contributed by atoms with Gasteiger partial charge in [-0.05, 0) is 43.0 Å². The van der Waals surface area contributed by atoms with E-state index in [9.17, 15) is 14.7 Å². The molecule has 0 unspecified atom stereocenters. The number of carboxylic acid groups (broad SMARTS) is 1. The number of carboxylic acids is 1. The molecule has 9 heteroatoms. The van der Waals surface area contributed by atoms with Crippen molar-refractivity contribution in [1.29, 1.82) is 0 Å². The highest BCUT2D eigenvalue weighted by molar-refractivity contribution is 8.02. The molecule has 2 atom stereocenters. The average molecular weight is 386 g/mol. The van der Waals surface area contributed by atoms with E-state index in [-0.39, 0.29) is 23.6 Å². The number of rotatable bonds is 6. The van der Waals surface area contributed by atoms with E-state index in [0.717, 1.165) is 32.5 Å². The minimum atomic E-state index is -1.08. The Labute approximate surface area is 155 Å². The lowest BCUT2D eigenvalue weighted by molar-refractivity contribution is -0.147. The molecule has 0 aromatic heterocycles. The van der Waals surface area contributed by atoms with Crippen LogP contribution >= 0.6 is 23.5 Å². The van der Waals surface area contributed by atoms with E-state index < -0.39 is 12.0 Å². The van der Waals surface area contributed by atoms with Gasteiger partial charge in [-0.3, -0.25) is 9.69 Å². The first-order chi connectivity index (χ1) is 12.0. The van der Waals surface area contributed by atoms with Gasteiger partial charge in [0.05, 0.1) is 6.61 Å². The average Bonchev–Trinajstić information content (AvgIpc) is 2.62. The van der Waals surface area contributed by atoms with Crippen molar-refractivity contribution in [2.75, 3.05) is 32.0 Å². The van der Waals surface area contributed by atoms with Gasteiger partial charge in [0.15, 0.2) is 0 Å². The van der Waals surface area contributed by atoms with Gasteiger partial charge in [-0.2, -0.15) is 0 Å². The number of hydrogen-bond acceptors (Lipinski definition) is 7. The molecule has 3 rings (SSSR count). The minimum Gasteiger partial charge on any atom is -0.477 e. The largest absolute Gasteiger partial charge is 0.477 e. The summed E-state index contributed by atoms with van der Waals surface area (Å²) in [6.07, 6.45) is 3.93. The number of fused-ring (bicyclic) bond motifs is 1. The monoisotopic (exact) mass is 385 g/mol. The molecular formula is C16H23N3O4S2. The van der Waals surface area contributed by atoms with Crippen molar-refractivity contribution in [2.45, 2.75) is 29.5 Å². The number of β-lactam (4-membered cyclic amide) rings is 1. The van der Waals surface area contributed by atoms with Crippen molar-refractivity contribution in [3.05, 3.63) is 22.8 Å². The molecule has 0 bridgehead atoms. The van der Waals surface area contributed by atoms with Crippen LogP contribution in [0.5, 0.6) is 0 Å². The van der Waals surface area contributed by atoms with Gasteiger partial charge in [0.2, 0.25) is 5.91 Å². The highest BCUT2D eigenvalue weighted by atomic mass is 32.2. The lowest BCUT2D eigenvalue weighted by Crippen LogP contribution is -2.68. The summed E-state index contributed by atoms with van der Waals surface area (Å²) in [7, 11) is 0. The van der Waals surface area contributed by atoms with Crippen molar-refractivity contribution < 1.29 is 19.8 Å². The highest BCUT2D eigenvalue weighted by Crippen LogP contribution is 2.40. The molecule has 0 radical (unpaired) electrons. The van der Waals surface area contributed by atoms with Crippen LogP contribution in [-0.2, 0) is 9.59 Å². The Balaban J connectivity index is 1.60. The summed E-state index contributed by atoms with van der Waals surface area (Å²) < 4.78 is 0. The number of nitrogens with zero attached hydrogens (tertiary/aromatic N) is 2. The third-order valence-corrected chi connectivity index (χ3v) is 7.21. The van der Waals surface area contributed by atoms with Gasteiger partial charge in [-0.25, -0.2) is 4.79 Å². The Morgan fingerprint density at radius 1 is 1.40 bits per heavy atom. The van der Waals surface area contributed by atoms with Crippen molar-refractivity contribution in [1.82, 2.24) is 9.80 Å². The summed E-state index contributed by atoms with van der Waals surface area (Å²) in [4.78, 5) is 27.1. The zero-order valence-corrected chi connectivity index (χ0v) is 15.5. The third-order valence-electron chi connectivity index (χ3n) is 4.73. The number of aliphatic carboxylic acids is 1. The Bertz CT molecular complexity index is 602. The van der Waals surface area contributed by atoms with Crippen LogP contribution in [0, 0.1) is 0 Å². The van der Waals surface area contributed by atoms with E-state index >= 15 is 0 Å². The van der Waals surface area contributed by atoms with E-state index in [4.69, 9.17) is 10.8 Å². The molecule has 3 aliphatic rings. The molecule has 2 fully saturated rings. The molecule has 4 N–H and O–H groups in total. The van der Waals surface area contributed by atoms with E-state index in [2.05, 4.69) is 4.90 Å². The van der Waals surface area contributed by atoms with Crippen molar-refractivity contribution >= 4 is 35.4 Å².